The molecule has 2 unspecified atom stereocenters. The summed E-state index contributed by atoms with van der Waals surface area (Å²) >= 11 is 0. The lowest BCUT2D eigenvalue weighted by Crippen LogP contribution is -2.59. The van der Waals surface area contributed by atoms with Crippen LogP contribution >= 0.6 is 0 Å². The van der Waals surface area contributed by atoms with Crippen LogP contribution in [0.15, 0.2) is 0 Å². The second kappa shape index (κ2) is 6.41. The molecule has 2 aliphatic heterocycles. The first kappa shape index (κ1) is 15.1. The average molecular weight is 279 g/mol. The maximum atomic E-state index is 12.0. The van der Waals surface area contributed by atoms with Gasteiger partial charge < -0.3 is 5.32 Å². The van der Waals surface area contributed by atoms with Crippen molar-refractivity contribution in [3.8, 4) is 0 Å². The molecular weight excluding hydrogens is 255 g/mol. The number of hydrogen-bond donors (Lipinski definition) is 1. The molecule has 19 heavy (non-hydrogen) atoms. The lowest BCUT2D eigenvalue weighted by atomic mass is 9.97. The third-order valence-electron chi connectivity index (χ3n) is 4.22. The molecule has 0 radical (unpaired) electrons. The van der Waals surface area contributed by atoms with Crippen LogP contribution in [0.5, 0.6) is 0 Å². The summed E-state index contributed by atoms with van der Waals surface area (Å²) in [5.41, 5.74) is 0. The van der Waals surface area contributed by atoms with Crippen molar-refractivity contribution in [3.63, 3.8) is 0 Å². The van der Waals surface area contributed by atoms with Gasteiger partial charge >= 0.3 is 6.18 Å². The summed E-state index contributed by atoms with van der Waals surface area (Å²) in [4.78, 5) is 4.88. The molecule has 2 fully saturated rings. The van der Waals surface area contributed by atoms with Crippen molar-refractivity contribution in [2.24, 2.45) is 0 Å². The summed E-state index contributed by atoms with van der Waals surface area (Å²) in [6, 6.07) is 1.06. The zero-order valence-corrected chi connectivity index (χ0v) is 11.5. The van der Waals surface area contributed by atoms with Gasteiger partial charge in [-0.25, -0.2) is 0 Å². The lowest BCUT2D eigenvalue weighted by molar-refractivity contribution is -0.125. The van der Waals surface area contributed by atoms with Crippen LogP contribution in [-0.4, -0.2) is 67.3 Å². The van der Waals surface area contributed by atoms with Gasteiger partial charge in [0.15, 0.2) is 0 Å². The van der Waals surface area contributed by atoms with Crippen molar-refractivity contribution in [2.45, 2.75) is 44.4 Å². The molecule has 0 aromatic carbocycles. The van der Waals surface area contributed by atoms with E-state index in [1.54, 1.807) is 0 Å². The van der Waals surface area contributed by atoms with Gasteiger partial charge in [0.25, 0.3) is 0 Å². The summed E-state index contributed by atoms with van der Waals surface area (Å²) in [5.74, 6) is 0. The normalized spacial score (nSPS) is 30.3. The summed E-state index contributed by atoms with van der Waals surface area (Å²) < 4.78 is 36.1. The van der Waals surface area contributed by atoms with Crippen LogP contribution in [0.3, 0.4) is 0 Å². The molecule has 0 aromatic heterocycles. The topological polar surface area (TPSA) is 18.5 Å². The van der Waals surface area contributed by atoms with E-state index in [4.69, 9.17) is 0 Å². The minimum absolute atomic E-state index is 0.413. The molecule has 0 aliphatic carbocycles. The van der Waals surface area contributed by atoms with Gasteiger partial charge in [-0.3, -0.25) is 9.80 Å². The highest BCUT2D eigenvalue weighted by Crippen LogP contribution is 2.23. The fourth-order valence-corrected chi connectivity index (χ4v) is 3.18. The van der Waals surface area contributed by atoms with Crippen LogP contribution in [0.25, 0.3) is 0 Å². The van der Waals surface area contributed by atoms with Crippen LogP contribution < -0.4 is 5.32 Å². The molecule has 0 aromatic rings. The minimum Gasteiger partial charge on any atom is -0.307 e. The highest BCUT2D eigenvalue weighted by molar-refractivity contribution is 4.89. The Kier molecular flexibility index (Phi) is 5.09. The maximum Gasteiger partial charge on any atom is 0.401 e. The van der Waals surface area contributed by atoms with Crippen molar-refractivity contribution in [3.05, 3.63) is 0 Å². The second-order valence-electron chi connectivity index (χ2n) is 5.78. The third-order valence-corrected chi connectivity index (χ3v) is 4.22. The standard InChI is InChI=1S/C13H24F3N3/c1-11-8-19-6-3-2-4-12(19)9-18(11)7-5-17-10-13(14,15)16/h11-12,17H,2-10H2,1H3. The molecule has 2 rings (SSSR count). The highest BCUT2D eigenvalue weighted by Gasteiger charge is 2.32. The Labute approximate surface area is 113 Å². The molecule has 2 heterocycles. The zero-order chi connectivity index (χ0) is 13.9. The van der Waals surface area contributed by atoms with Gasteiger partial charge in [-0.05, 0) is 26.3 Å². The van der Waals surface area contributed by atoms with Gasteiger partial charge in [0.2, 0.25) is 0 Å². The SMILES string of the molecule is CC1CN2CCCCC2CN1CCNCC(F)(F)F. The van der Waals surface area contributed by atoms with E-state index in [-0.39, 0.29) is 0 Å². The van der Waals surface area contributed by atoms with Crippen LogP contribution in [0.4, 0.5) is 13.2 Å². The average Bonchev–Trinajstić information content (AvgIpc) is 2.33. The highest BCUT2D eigenvalue weighted by atomic mass is 19.4. The number of nitrogens with zero attached hydrogens (tertiary/aromatic N) is 2. The van der Waals surface area contributed by atoms with Gasteiger partial charge in [0.1, 0.15) is 0 Å². The Hall–Kier alpha value is -0.330. The fourth-order valence-electron chi connectivity index (χ4n) is 3.18. The Morgan fingerprint density at radius 1 is 1.21 bits per heavy atom. The third kappa shape index (κ3) is 4.61. The van der Waals surface area contributed by atoms with E-state index in [0.29, 0.717) is 25.2 Å². The number of fused-ring (bicyclic) bond motifs is 1. The maximum absolute atomic E-state index is 12.0. The zero-order valence-electron chi connectivity index (χ0n) is 11.5. The fraction of sp³-hybridized carbons (Fsp3) is 1.00. The van der Waals surface area contributed by atoms with E-state index in [1.165, 1.54) is 25.8 Å². The molecule has 112 valence electrons. The van der Waals surface area contributed by atoms with Gasteiger partial charge in [0.05, 0.1) is 6.54 Å². The molecule has 2 atom stereocenters. The number of halogens is 3. The van der Waals surface area contributed by atoms with Crippen LogP contribution in [-0.2, 0) is 0 Å². The lowest BCUT2D eigenvalue weighted by Gasteiger charge is -2.47. The van der Waals surface area contributed by atoms with E-state index in [0.717, 1.165) is 13.1 Å². The largest absolute Gasteiger partial charge is 0.401 e. The Morgan fingerprint density at radius 2 is 2.00 bits per heavy atom. The van der Waals surface area contributed by atoms with E-state index in [1.807, 2.05) is 0 Å². The first-order valence-electron chi connectivity index (χ1n) is 7.21. The summed E-state index contributed by atoms with van der Waals surface area (Å²) in [5, 5.41) is 2.48. The van der Waals surface area contributed by atoms with Crippen LogP contribution in [0.2, 0.25) is 0 Å². The molecule has 2 aliphatic rings. The summed E-state index contributed by atoms with van der Waals surface area (Å²) in [7, 11) is 0. The predicted octanol–water partition coefficient (Wildman–Crippen LogP) is 1.70. The number of piperidine rings is 1. The molecule has 0 amide bonds. The molecule has 2 saturated heterocycles. The smallest absolute Gasteiger partial charge is 0.307 e. The molecule has 0 saturated carbocycles. The predicted molar refractivity (Wildman–Crippen MR) is 69.2 cm³/mol. The van der Waals surface area contributed by atoms with Crippen molar-refractivity contribution in [1.82, 2.24) is 15.1 Å². The van der Waals surface area contributed by atoms with Gasteiger partial charge in [-0.1, -0.05) is 6.42 Å². The van der Waals surface area contributed by atoms with Crippen molar-refractivity contribution in [1.29, 1.82) is 0 Å². The van der Waals surface area contributed by atoms with E-state index in [2.05, 4.69) is 22.0 Å². The van der Waals surface area contributed by atoms with Gasteiger partial charge in [-0.15, -0.1) is 0 Å². The molecule has 6 heteroatoms. The van der Waals surface area contributed by atoms with Crippen molar-refractivity contribution < 1.29 is 13.2 Å². The second-order valence-corrected chi connectivity index (χ2v) is 5.78. The molecular formula is C13H24F3N3. The number of hydrogen-bond acceptors (Lipinski definition) is 3. The van der Waals surface area contributed by atoms with E-state index in [9.17, 15) is 13.2 Å². The van der Waals surface area contributed by atoms with E-state index < -0.39 is 12.7 Å². The molecule has 3 nitrogen and oxygen atoms in total. The van der Waals surface area contributed by atoms with Crippen molar-refractivity contribution in [2.75, 3.05) is 39.3 Å². The quantitative estimate of drug-likeness (QED) is 0.790. The van der Waals surface area contributed by atoms with Crippen LogP contribution in [0.1, 0.15) is 26.2 Å². The molecule has 0 bridgehead atoms. The first-order chi connectivity index (χ1) is 8.96. The van der Waals surface area contributed by atoms with Crippen LogP contribution in [0, 0.1) is 0 Å². The molecule has 1 N–H and O–H groups in total. The Bertz CT molecular complexity index is 283. The summed E-state index contributed by atoms with van der Waals surface area (Å²) in [6.45, 7) is 5.67. The number of rotatable bonds is 4. The summed E-state index contributed by atoms with van der Waals surface area (Å²) in [6.07, 6.45) is -0.293. The minimum atomic E-state index is -4.10. The van der Waals surface area contributed by atoms with Gasteiger partial charge in [-0.2, -0.15) is 13.2 Å². The number of piperazine rings is 1. The Balaban J connectivity index is 1.71. The van der Waals surface area contributed by atoms with E-state index >= 15 is 0 Å². The Morgan fingerprint density at radius 3 is 2.74 bits per heavy atom. The monoisotopic (exact) mass is 279 g/mol. The number of alkyl halides is 3. The molecule has 0 spiro atoms. The first-order valence-corrected chi connectivity index (χ1v) is 7.21. The number of nitrogens with one attached hydrogen (secondary N) is 1. The van der Waals surface area contributed by atoms with Crippen molar-refractivity contribution >= 4 is 0 Å². The van der Waals surface area contributed by atoms with Gasteiger partial charge in [0, 0.05) is 38.3 Å².